The third-order valence-electron chi connectivity index (χ3n) is 4.58. The number of rotatable bonds is 7. The van der Waals surface area contributed by atoms with E-state index in [1.807, 2.05) is 6.26 Å². The van der Waals surface area contributed by atoms with Crippen LogP contribution in [0.2, 0.25) is 0 Å². The van der Waals surface area contributed by atoms with Crippen LogP contribution in [-0.4, -0.2) is 58.5 Å². The standard InChI is InChI=1S/C17H22N10O2S2/c1-30-17-23-13(21-11-6-7-20-9-11)8-14(24-17)27-15(18)25-16(26-27)22-10-2-4-12(5-3-10)31(19,28)29/h2-5,8,11,20H,6-7,9H2,1H3,(H2,19,28,29)(H,21,23,24)(H3,18,22,25,26). The molecule has 0 spiro atoms. The first-order valence-electron chi connectivity index (χ1n) is 9.35. The molecule has 1 aromatic carbocycles. The third kappa shape index (κ3) is 5.04. The van der Waals surface area contributed by atoms with Crippen LogP contribution in [0.5, 0.6) is 0 Å². The fourth-order valence-electron chi connectivity index (χ4n) is 3.08. The van der Waals surface area contributed by atoms with Crippen molar-refractivity contribution in [3.05, 3.63) is 30.3 Å². The first-order chi connectivity index (χ1) is 14.8. The van der Waals surface area contributed by atoms with E-state index in [0.717, 1.165) is 19.5 Å². The summed E-state index contributed by atoms with van der Waals surface area (Å²) in [6.07, 6.45) is 2.90. The van der Waals surface area contributed by atoms with Crippen molar-refractivity contribution in [1.82, 2.24) is 30.0 Å². The van der Waals surface area contributed by atoms with Gasteiger partial charge in [-0.25, -0.2) is 23.5 Å². The Morgan fingerprint density at radius 1 is 1.23 bits per heavy atom. The van der Waals surface area contributed by atoms with E-state index in [9.17, 15) is 8.42 Å². The number of anilines is 4. The molecule has 1 atom stereocenters. The van der Waals surface area contributed by atoms with Gasteiger partial charge >= 0.3 is 0 Å². The lowest BCUT2D eigenvalue weighted by Gasteiger charge is -2.13. The first-order valence-corrected chi connectivity index (χ1v) is 12.1. The molecule has 7 N–H and O–H groups in total. The number of aromatic nitrogens is 5. The van der Waals surface area contributed by atoms with Gasteiger partial charge < -0.3 is 21.7 Å². The summed E-state index contributed by atoms with van der Waals surface area (Å²) in [5, 5.41) is 19.8. The lowest BCUT2D eigenvalue weighted by atomic mass is 10.2. The van der Waals surface area contributed by atoms with Crippen LogP contribution >= 0.6 is 11.8 Å². The summed E-state index contributed by atoms with van der Waals surface area (Å²) >= 11 is 1.41. The van der Waals surface area contributed by atoms with E-state index in [1.54, 1.807) is 18.2 Å². The molecule has 1 aliphatic rings. The fraction of sp³-hybridized carbons (Fsp3) is 0.294. The van der Waals surface area contributed by atoms with Gasteiger partial charge in [0.15, 0.2) is 11.0 Å². The Morgan fingerprint density at radius 3 is 2.65 bits per heavy atom. The monoisotopic (exact) mass is 462 g/mol. The molecule has 14 heteroatoms. The van der Waals surface area contributed by atoms with E-state index in [2.05, 4.69) is 36.0 Å². The molecule has 1 aliphatic heterocycles. The Kier molecular flexibility index (Phi) is 5.95. The van der Waals surface area contributed by atoms with Crippen molar-refractivity contribution < 1.29 is 8.42 Å². The SMILES string of the molecule is CSc1nc(NC2CCNC2)cc(-n2nc(Nc3ccc(S(N)(=O)=O)cc3)nc2N)n1. The van der Waals surface area contributed by atoms with E-state index in [1.165, 1.54) is 28.6 Å². The maximum Gasteiger partial charge on any atom is 0.248 e. The molecule has 0 amide bonds. The molecule has 3 aromatic rings. The topological polar surface area (TPSA) is 179 Å². The summed E-state index contributed by atoms with van der Waals surface area (Å²) in [7, 11) is -3.76. The molecule has 4 rings (SSSR count). The zero-order valence-corrected chi connectivity index (χ0v) is 18.2. The number of primary sulfonamides is 1. The number of benzene rings is 1. The maximum atomic E-state index is 11.4. The van der Waals surface area contributed by atoms with Crippen LogP contribution < -0.4 is 26.8 Å². The summed E-state index contributed by atoms with van der Waals surface area (Å²) in [6, 6.07) is 7.97. The number of sulfonamides is 1. The second kappa shape index (κ2) is 8.66. The van der Waals surface area contributed by atoms with Crippen LogP contribution in [0, 0.1) is 0 Å². The molecule has 31 heavy (non-hydrogen) atoms. The summed E-state index contributed by atoms with van der Waals surface area (Å²) in [6.45, 7) is 1.84. The van der Waals surface area contributed by atoms with Crippen LogP contribution in [0.15, 0.2) is 40.4 Å². The predicted octanol–water partition coefficient (Wildman–Crippen LogP) is 0.526. The van der Waals surface area contributed by atoms with Gasteiger partial charge in [0.2, 0.25) is 21.9 Å². The Labute approximate surface area is 183 Å². The number of nitrogen functional groups attached to an aromatic ring is 1. The van der Waals surface area contributed by atoms with Gasteiger partial charge in [-0.1, -0.05) is 11.8 Å². The van der Waals surface area contributed by atoms with Gasteiger partial charge in [0.25, 0.3) is 0 Å². The van der Waals surface area contributed by atoms with Gasteiger partial charge in [-0.05, 0) is 43.5 Å². The quantitative estimate of drug-likeness (QED) is 0.244. The minimum atomic E-state index is -3.76. The molecular weight excluding hydrogens is 440 g/mol. The van der Waals surface area contributed by atoms with Crippen molar-refractivity contribution in [3.8, 4) is 5.82 Å². The molecule has 3 heterocycles. The fourth-order valence-corrected chi connectivity index (χ4v) is 3.97. The van der Waals surface area contributed by atoms with Gasteiger partial charge in [-0.3, -0.25) is 0 Å². The summed E-state index contributed by atoms with van der Waals surface area (Å²) in [5.41, 5.74) is 6.65. The van der Waals surface area contributed by atoms with Crippen molar-refractivity contribution in [2.75, 3.05) is 35.7 Å². The Morgan fingerprint density at radius 2 is 2.00 bits per heavy atom. The summed E-state index contributed by atoms with van der Waals surface area (Å²) < 4.78 is 24.2. The molecule has 0 aliphatic carbocycles. The van der Waals surface area contributed by atoms with Crippen LogP contribution in [0.25, 0.3) is 5.82 Å². The molecule has 2 aromatic heterocycles. The van der Waals surface area contributed by atoms with Crippen molar-refractivity contribution in [3.63, 3.8) is 0 Å². The van der Waals surface area contributed by atoms with Gasteiger partial charge in [0.1, 0.15) is 5.82 Å². The highest BCUT2D eigenvalue weighted by Crippen LogP contribution is 2.22. The minimum absolute atomic E-state index is 0.0131. The summed E-state index contributed by atoms with van der Waals surface area (Å²) in [4.78, 5) is 13.2. The molecule has 0 radical (unpaired) electrons. The smallest absolute Gasteiger partial charge is 0.248 e. The molecule has 164 valence electrons. The van der Waals surface area contributed by atoms with Gasteiger partial charge in [-0.2, -0.15) is 9.67 Å². The van der Waals surface area contributed by atoms with Crippen molar-refractivity contribution in [2.45, 2.75) is 22.5 Å². The predicted molar refractivity (Wildman–Crippen MR) is 119 cm³/mol. The third-order valence-corrected chi connectivity index (χ3v) is 6.05. The minimum Gasteiger partial charge on any atom is -0.368 e. The van der Waals surface area contributed by atoms with Gasteiger partial charge in [0.05, 0.1) is 4.90 Å². The normalized spacial score (nSPS) is 16.4. The van der Waals surface area contributed by atoms with Crippen LogP contribution in [0.4, 0.5) is 23.4 Å². The molecular formula is C17H22N10O2S2. The van der Waals surface area contributed by atoms with E-state index >= 15 is 0 Å². The number of hydrogen-bond donors (Lipinski definition) is 5. The maximum absolute atomic E-state index is 11.4. The van der Waals surface area contributed by atoms with Gasteiger partial charge in [-0.15, -0.1) is 5.10 Å². The molecule has 1 saturated heterocycles. The number of nitrogens with two attached hydrogens (primary N) is 2. The van der Waals surface area contributed by atoms with E-state index in [0.29, 0.717) is 28.5 Å². The largest absolute Gasteiger partial charge is 0.368 e. The zero-order chi connectivity index (χ0) is 22.0. The number of nitrogens with zero attached hydrogens (tertiary/aromatic N) is 5. The van der Waals surface area contributed by atoms with Crippen LogP contribution in [0.3, 0.4) is 0 Å². The van der Waals surface area contributed by atoms with E-state index in [-0.39, 0.29) is 16.8 Å². The lowest BCUT2D eigenvalue weighted by molar-refractivity contribution is 0.598. The van der Waals surface area contributed by atoms with E-state index in [4.69, 9.17) is 10.9 Å². The Bertz CT molecular complexity index is 1170. The highest BCUT2D eigenvalue weighted by atomic mass is 32.2. The lowest BCUT2D eigenvalue weighted by Crippen LogP contribution is -2.23. The van der Waals surface area contributed by atoms with Gasteiger partial charge in [0, 0.05) is 24.3 Å². The van der Waals surface area contributed by atoms with Crippen molar-refractivity contribution in [1.29, 1.82) is 0 Å². The Balaban J connectivity index is 1.58. The highest BCUT2D eigenvalue weighted by Gasteiger charge is 2.17. The van der Waals surface area contributed by atoms with Crippen molar-refractivity contribution >= 4 is 45.2 Å². The van der Waals surface area contributed by atoms with E-state index < -0.39 is 10.0 Å². The molecule has 1 unspecified atom stereocenters. The number of hydrogen-bond acceptors (Lipinski definition) is 11. The zero-order valence-electron chi connectivity index (χ0n) is 16.6. The molecule has 0 saturated carbocycles. The number of thioether (sulfide) groups is 1. The highest BCUT2D eigenvalue weighted by molar-refractivity contribution is 7.98. The van der Waals surface area contributed by atoms with Crippen LogP contribution in [0.1, 0.15) is 6.42 Å². The molecule has 0 bridgehead atoms. The molecule has 12 nitrogen and oxygen atoms in total. The number of nitrogens with one attached hydrogen (secondary N) is 3. The molecule has 1 fully saturated rings. The van der Waals surface area contributed by atoms with Crippen LogP contribution in [-0.2, 0) is 10.0 Å². The average Bonchev–Trinajstić information content (AvgIpc) is 3.37. The second-order valence-electron chi connectivity index (χ2n) is 6.83. The first kappa shape index (κ1) is 21.3. The average molecular weight is 463 g/mol. The second-order valence-corrected chi connectivity index (χ2v) is 9.17. The van der Waals surface area contributed by atoms with Crippen molar-refractivity contribution in [2.24, 2.45) is 5.14 Å². The Hall–Kier alpha value is -2.94. The summed E-state index contributed by atoms with van der Waals surface area (Å²) in [5.74, 6) is 1.55.